The number of nitrogens with zero attached hydrogens (tertiary/aromatic N) is 5. The maximum Gasteiger partial charge on any atom is 0.184 e. The van der Waals surface area contributed by atoms with Crippen LogP contribution in [-0.4, -0.2) is 30.7 Å². The maximum absolute atomic E-state index is 11.5. The van der Waals surface area contributed by atoms with Gasteiger partial charge < -0.3 is 5.32 Å². The van der Waals surface area contributed by atoms with Crippen molar-refractivity contribution in [2.24, 2.45) is 0 Å². The Hall–Kier alpha value is -2.35. The Bertz CT molecular complexity index is 964. The van der Waals surface area contributed by atoms with E-state index in [1.807, 2.05) is 17.7 Å². The number of carbonyl (C=O) groups excluding carboxylic acids is 1. The summed E-state index contributed by atoms with van der Waals surface area (Å²) in [6.45, 7) is 7.65. The molecule has 0 bridgehead atoms. The molecule has 0 unspecified atom stereocenters. The standard InChI is InChI=1S/C18H21BrN6O/c1-5-13(6-2)25-18-16(23-24-25)17(20-11(4)21-18)22-15-8-7-12(10(3)26)9-14(15)19/h7-9,13H,5-6H2,1-4H3,(H,20,21,22). The van der Waals surface area contributed by atoms with Crippen LogP contribution >= 0.6 is 15.9 Å². The van der Waals surface area contributed by atoms with E-state index in [0.29, 0.717) is 22.7 Å². The van der Waals surface area contributed by atoms with E-state index in [1.165, 1.54) is 0 Å². The topological polar surface area (TPSA) is 85.6 Å². The van der Waals surface area contributed by atoms with E-state index < -0.39 is 0 Å². The van der Waals surface area contributed by atoms with Gasteiger partial charge in [0, 0.05) is 10.0 Å². The van der Waals surface area contributed by atoms with Gasteiger partial charge in [-0.3, -0.25) is 4.79 Å². The predicted octanol–water partition coefficient (Wildman–Crippen LogP) is 4.60. The van der Waals surface area contributed by atoms with Crippen molar-refractivity contribution in [3.63, 3.8) is 0 Å². The molecular weight excluding hydrogens is 396 g/mol. The zero-order valence-electron chi connectivity index (χ0n) is 15.2. The monoisotopic (exact) mass is 416 g/mol. The second-order valence-electron chi connectivity index (χ2n) is 6.17. The average Bonchev–Trinajstić information content (AvgIpc) is 3.01. The number of carbonyl (C=O) groups is 1. The molecule has 2 aromatic heterocycles. The summed E-state index contributed by atoms with van der Waals surface area (Å²) >= 11 is 3.51. The fraction of sp³-hybridized carbons (Fsp3) is 0.389. The molecule has 26 heavy (non-hydrogen) atoms. The predicted molar refractivity (Wildman–Crippen MR) is 105 cm³/mol. The van der Waals surface area contributed by atoms with E-state index in [0.717, 1.165) is 28.6 Å². The van der Waals surface area contributed by atoms with Crippen molar-refractivity contribution in [2.45, 2.75) is 46.6 Å². The molecule has 0 saturated heterocycles. The van der Waals surface area contributed by atoms with E-state index in [9.17, 15) is 4.79 Å². The fourth-order valence-electron chi connectivity index (χ4n) is 2.87. The van der Waals surface area contributed by atoms with Crippen molar-refractivity contribution in [3.8, 4) is 0 Å². The maximum atomic E-state index is 11.5. The minimum absolute atomic E-state index is 0.0191. The first kappa shape index (κ1) is 18.4. The lowest BCUT2D eigenvalue weighted by molar-refractivity contribution is 0.101. The largest absolute Gasteiger partial charge is 0.337 e. The molecule has 0 saturated carbocycles. The molecule has 7 nitrogen and oxygen atoms in total. The third-order valence-electron chi connectivity index (χ3n) is 4.35. The quantitative estimate of drug-likeness (QED) is 0.590. The third-order valence-corrected chi connectivity index (χ3v) is 5.01. The first-order chi connectivity index (χ1) is 12.4. The molecule has 3 rings (SSSR count). The molecule has 0 aliphatic rings. The molecule has 2 heterocycles. The van der Waals surface area contributed by atoms with Gasteiger partial charge in [0.15, 0.2) is 22.8 Å². The summed E-state index contributed by atoms with van der Waals surface area (Å²) in [6, 6.07) is 5.66. The lowest BCUT2D eigenvalue weighted by atomic mass is 10.1. The molecule has 0 spiro atoms. The summed E-state index contributed by atoms with van der Waals surface area (Å²) in [4.78, 5) is 20.6. The molecular formula is C18H21BrN6O. The Balaban J connectivity index is 2.05. The van der Waals surface area contributed by atoms with E-state index >= 15 is 0 Å². The van der Waals surface area contributed by atoms with E-state index in [1.54, 1.807) is 19.1 Å². The molecule has 0 aliphatic carbocycles. The second-order valence-corrected chi connectivity index (χ2v) is 7.03. The van der Waals surface area contributed by atoms with Crippen LogP contribution in [0, 0.1) is 6.92 Å². The number of halogens is 1. The molecule has 8 heteroatoms. The van der Waals surface area contributed by atoms with Crippen LogP contribution in [0.1, 0.15) is 55.8 Å². The summed E-state index contributed by atoms with van der Waals surface area (Å²) in [6.07, 6.45) is 1.91. The highest BCUT2D eigenvalue weighted by atomic mass is 79.9. The normalized spacial score (nSPS) is 11.3. The van der Waals surface area contributed by atoms with Gasteiger partial charge in [-0.25, -0.2) is 14.6 Å². The fourth-order valence-corrected chi connectivity index (χ4v) is 3.35. The van der Waals surface area contributed by atoms with Gasteiger partial charge in [-0.2, -0.15) is 0 Å². The van der Waals surface area contributed by atoms with Crippen LogP contribution in [0.3, 0.4) is 0 Å². The van der Waals surface area contributed by atoms with Gasteiger partial charge in [-0.05, 0) is 60.8 Å². The molecule has 0 amide bonds. The Morgan fingerprint density at radius 1 is 1.27 bits per heavy atom. The number of fused-ring (bicyclic) bond motifs is 1. The van der Waals surface area contributed by atoms with Gasteiger partial charge in [0.25, 0.3) is 0 Å². The van der Waals surface area contributed by atoms with E-state index in [2.05, 4.69) is 55.4 Å². The Labute approximate surface area is 160 Å². The van der Waals surface area contributed by atoms with Crippen LogP contribution in [-0.2, 0) is 0 Å². The minimum atomic E-state index is 0.0191. The lowest BCUT2D eigenvalue weighted by Crippen LogP contribution is -2.10. The summed E-state index contributed by atoms with van der Waals surface area (Å²) < 4.78 is 2.66. The van der Waals surface area contributed by atoms with Crippen LogP contribution in [0.25, 0.3) is 11.2 Å². The van der Waals surface area contributed by atoms with Crippen molar-refractivity contribution >= 4 is 44.4 Å². The number of hydrogen-bond acceptors (Lipinski definition) is 6. The van der Waals surface area contributed by atoms with Gasteiger partial charge in [-0.1, -0.05) is 19.1 Å². The van der Waals surface area contributed by atoms with Crippen LogP contribution < -0.4 is 5.32 Å². The van der Waals surface area contributed by atoms with Crippen molar-refractivity contribution in [1.29, 1.82) is 0 Å². The number of aryl methyl sites for hydroxylation is 1. The molecule has 1 aromatic carbocycles. The first-order valence-corrected chi connectivity index (χ1v) is 9.40. The summed E-state index contributed by atoms with van der Waals surface area (Å²) in [5, 5.41) is 11.9. The van der Waals surface area contributed by atoms with Gasteiger partial charge >= 0.3 is 0 Å². The summed E-state index contributed by atoms with van der Waals surface area (Å²) in [5.41, 5.74) is 2.80. The molecule has 3 aromatic rings. The van der Waals surface area contributed by atoms with Crippen molar-refractivity contribution in [3.05, 3.63) is 34.1 Å². The van der Waals surface area contributed by atoms with Gasteiger partial charge in [0.1, 0.15) is 5.82 Å². The first-order valence-electron chi connectivity index (χ1n) is 8.61. The molecule has 0 aliphatic heterocycles. The van der Waals surface area contributed by atoms with Crippen LogP contribution in [0.4, 0.5) is 11.5 Å². The highest BCUT2D eigenvalue weighted by Crippen LogP contribution is 2.30. The number of Topliss-reactive ketones (excluding diaryl/α,β-unsaturated/α-hetero) is 1. The number of ketones is 1. The van der Waals surface area contributed by atoms with Crippen LogP contribution in [0.5, 0.6) is 0 Å². The minimum Gasteiger partial charge on any atom is -0.337 e. The van der Waals surface area contributed by atoms with Gasteiger partial charge in [-0.15, -0.1) is 5.10 Å². The highest BCUT2D eigenvalue weighted by molar-refractivity contribution is 9.10. The zero-order chi connectivity index (χ0) is 18.8. The zero-order valence-corrected chi connectivity index (χ0v) is 16.8. The van der Waals surface area contributed by atoms with Crippen molar-refractivity contribution in [2.75, 3.05) is 5.32 Å². The second kappa shape index (κ2) is 7.49. The van der Waals surface area contributed by atoms with Crippen LogP contribution in [0.15, 0.2) is 22.7 Å². The third kappa shape index (κ3) is 3.46. The number of anilines is 2. The number of benzene rings is 1. The molecule has 0 radical (unpaired) electrons. The SMILES string of the molecule is CCC(CC)n1nnc2c(Nc3ccc(C(C)=O)cc3Br)nc(C)nc21. The molecule has 136 valence electrons. The Morgan fingerprint density at radius 3 is 2.62 bits per heavy atom. The Morgan fingerprint density at radius 2 is 2.00 bits per heavy atom. The Kier molecular flexibility index (Phi) is 5.31. The van der Waals surface area contributed by atoms with E-state index in [4.69, 9.17) is 0 Å². The number of aromatic nitrogens is 5. The lowest BCUT2D eigenvalue weighted by Gasteiger charge is -2.13. The van der Waals surface area contributed by atoms with Crippen LogP contribution in [0.2, 0.25) is 0 Å². The smallest absolute Gasteiger partial charge is 0.184 e. The molecule has 1 N–H and O–H groups in total. The number of hydrogen-bond donors (Lipinski definition) is 1. The van der Waals surface area contributed by atoms with Gasteiger partial charge in [0.05, 0.1) is 11.7 Å². The van der Waals surface area contributed by atoms with Crippen molar-refractivity contribution in [1.82, 2.24) is 25.0 Å². The molecule has 0 atom stereocenters. The van der Waals surface area contributed by atoms with E-state index in [-0.39, 0.29) is 11.8 Å². The number of nitrogens with one attached hydrogen (secondary N) is 1. The molecule has 0 fully saturated rings. The summed E-state index contributed by atoms with van der Waals surface area (Å²) in [7, 11) is 0. The number of rotatable bonds is 6. The summed E-state index contributed by atoms with van der Waals surface area (Å²) in [5.74, 6) is 1.26. The highest BCUT2D eigenvalue weighted by Gasteiger charge is 2.18. The van der Waals surface area contributed by atoms with Crippen molar-refractivity contribution < 1.29 is 4.79 Å². The van der Waals surface area contributed by atoms with Gasteiger partial charge in [0.2, 0.25) is 0 Å². The average molecular weight is 417 g/mol.